The molecule has 0 bridgehead atoms. The van der Waals surface area contributed by atoms with Gasteiger partial charge in [-0.15, -0.1) is 11.3 Å². The third-order valence-corrected chi connectivity index (χ3v) is 6.71. The first kappa shape index (κ1) is 22.3. The molecule has 1 aromatic carbocycles. The lowest BCUT2D eigenvalue weighted by molar-refractivity contribution is -0.151. The van der Waals surface area contributed by atoms with Crippen molar-refractivity contribution >= 4 is 44.8 Å². The Bertz CT molecular complexity index is 947. The van der Waals surface area contributed by atoms with Gasteiger partial charge in [-0.05, 0) is 36.4 Å². The van der Waals surface area contributed by atoms with Crippen LogP contribution in [0.2, 0.25) is 4.34 Å². The molecule has 1 heterocycles. The molecule has 1 amide bonds. The predicted molar refractivity (Wildman–Crippen MR) is 103 cm³/mol. The van der Waals surface area contributed by atoms with E-state index in [1.54, 1.807) is 19.2 Å². The zero-order chi connectivity index (χ0) is 20.9. The van der Waals surface area contributed by atoms with E-state index in [9.17, 15) is 22.4 Å². The van der Waals surface area contributed by atoms with Gasteiger partial charge in [0.1, 0.15) is 12.4 Å². The number of rotatable bonds is 8. The van der Waals surface area contributed by atoms with Gasteiger partial charge in [0.15, 0.2) is 6.61 Å². The Morgan fingerprint density at radius 1 is 1.14 bits per heavy atom. The first-order valence-electron chi connectivity index (χ1n) is 7.95. The van der Waals surface area contributed by atoms with Crippen LogP contribution in [-0.4, -0.2) is 56.7 Å². The van der Waals surface area contributed by atoms with Crippen LogP contribution in [0, 0.1) is 5.82 Å². The van der Waals surface area contributed by atoms with E-state index in [0.717, 1.165) is 33.4 Å². The van der Waals surface area contributed by atoms with E-state index in [4.69, 9.17) is 16.3 Å². The SMILES string of the molecule is CN(Cc1ccc(Cl)s1)C(=O)COC(=O)CN(C)S(=O)(=O)c1ccc(F)cc1. The summed E-state index contributed by atoms with van der Waals surface area (Å²) in [5, 5.41) is 0. The third kappa shape index (κ3) is 5.99. The number of thiophene rings is 1. The summed E-state index contributed by atoms with van der Waals surface area (Å²) in [5.41, 5.74) is 0. The number of likely N-dealkylation sites (N-methyl/N-ethyl adjacent to an activating group) is 2. The van der Waals surface area contributed by atoms with E-state index >= 15 is 0 Å². The smallest absolute Gasteiger partial charge is 0.321 e. The van der Waals surface area contributed by atoms with Crippen LogP contribution in [0.3, 0.4) is 0 Å². The molecule has 0 saturated heterocycles. The van der Waals surface area contributed by atoms with Crippen molar-refractivity contribution in [2.45, 2.75) is 11.4 Å². The van der Waals surface area contributed by atoms with Gasteiger partial charge >= 0.3 is 5.97 Å². The zero-order valence-corrected chi connectivity index (χ0v) is 17.5. The molecule has 0 aliphatic carbocycles. The van der Waals surface area contributed by atoms with Crippen molar-refractivity contribution in [3.63, 3.8) is 0 Å². The first-order valence-corrected chi connectivity index (χ1v) is 10.6. The van der Waals surface area contributed by atoms with Gasteiger partial charge in [-0.25, -0.2) is 12.8 Å². The predicted octanol–water partition coefficient (Wildman–Crippen LogP) is 2.36. The Kier molecular flexibility index (Phi) is 7.53. The number of carbonyl (C=O) groups excluding carboxylic acids is 2. The fourth-order valence-electron chi connectivity index (χ4n) is 2.11. The van der Waals surface area contributed by atoms with Gasteiger partial charge < -0.3 is 9.64 Å². The van der Waals surface area contributed by atoms with Crippen LogP contribution >= 0.6 is 22.9 Å². The highest BCUT2D eigenvalue weighted by Crippen LogP contribution is 2.22. The maximum absolute atomic E-state index is 12.9. The highest BCUT2D eigenvalue weighted by molar-refractivity contribution is 7.89. The molecule has 0 fully saturated rings. The van der Waals surface area contributed by atoms with Crippen molar-refractivity contribution in [1.82, 2.24) is 9.21 Å². The monoisotopic (exact) mass is 448 g/mol. The number of hydrogen-bond donors (Lipinski definition) is 0. The molecule has 1 aromatic heterocycles. The van der Waals surface area contributed by atoms with E-state index in [0.29, 0.717) is 10.9 Å². The van der Waals surface area contributed by atoms with Crippen molar-refractivity contribution in [3.05, 3.63) is 51.4 Å². The van der Waals surface area contributed by atoms with Crippen molar-refractivity contribution in [1.29, 1.82) is 0 Å². The topological polar surface area (TPSA) is 84.0 Å². The van der Waals surface area contributed by atoms with Crippen molar-refractivity contribution in [3.8, 4) is 0 Å². The van der Waals surface area contributed by atoms with Crippen LogP contribution in [0.15, 0.2) is 41.3 Å². The zero-order valence-electron chi connectivity index (χ0n) is 15.1. The Morgan fingerprint density at radius 3 is 2.36 bits per heavy atom. The second kappa shape index (κ2) is 9.46. The summed E-state index contributed by atoms with van der Waals surface area (Å²) in [6, 6.07) is 7.72. The molecule has 0 radical (unpaired) electrons. The molecule has 0 N–H and O–H groups in total. The molecule has 0 saturated carbocycles. The number of nitrogens with zero attached hydrogens (tertiary/aromatic N) is 2. The lowest BCUT2D eigenvalue weighted by atomic mass is 10.4. The molecule has 0 aliphatic heterocycles. The van der Waals surface area contributed by atoms with Gasteiger partial charge in [-0.1, -0.05) is 11.6 Å². The lowest BCUT2D eigenvalue weighted by Crippen LogP contribution is -2.35. The van der Waals surface area contributed by atoms with Gasteiger partial charge in [-0.2, -0.15) is 4.31 Å². The summed E-state index contributed by atoms with van der Waals surface area (Å²) >= 11 is 7.17. The molecule has 11 heteroatoms. The number of ether oxygens (including phenoxy) is 1. The van der Waals surface area contributed by atoms with Gasteiger partial charge in [0.2, 0.25) is 10.0 Å². The maximum atomic E-state index is 12.9. The first-order chi connectivity index (χ1) is 13.1. The van der Waals surface area contributed by atoms with E-state index in [1.165, 1.54) is 23.3 Å². The quantitative estimate of drug-likeness (QED) is 0.579. The fraction of sp³-hybridized carbons (Fsp3) is 0.294. The van der Waals surface area contributed by atoms with Gasteiger partial charge in [-0.3, -0.25) is 9.59 Å². The second-order valence-electron chi connectivity index (χ2n) is 5.83. The molecule has 2 aromatic rings. The maximum Gasteiger partial charge on any atom is 0.321 e. The van der Waals surface area contributed by atoms with Crippen LogP contribution < -0.4 is 0 Å². The molecule has 0 aliphatic rings. The molecule has 0 unspecified atom stereocenters. The molecular weight excluding hydrogens is 431 g/mol. The Labute approximate surface area is 171 Å². The minimum atomic E-state index is -3.98. The van der Waals surface area contributed by atoms with Gasteiger partial charge in [0, 0.05) is 19.0 Å². The van der Waals surface area contributed by atoms with Crippen LogP contribution in [0.25, 0.3) is 0 Å². The highest BCUT2D eigenvalue weighted by Gasteiger charge is 2.24. The summed E-state index contributed by atoms with van der Waals surface area (Å²) in [5.74, 6) is -1.90. The number of benzene rings is 1. The van der Waals surface area contributed by atoms with Crippen LogP contribution in [0.1, 0.15) is 4.88 Å². The van der Waals surface area contributed by atoms with Crippen molar-refractivity contribution in [2.24, 2.45) is 0 Å². The second-order valence-corrected chi connectivity index (χ2v) is 9.68. The number of hydrogen-bond acceptors (Lipinski definition) is 6. The van der Waals surface area contributed by atoms with Gasteiger partial charge in [0.25, 0.3) is 5.91 Å². The summed E-state index contributed by atoms with van der Waals surface area (Å²) in [6.07, 6.45) is 0. The third-order valence-electron chi connectivity index (χ3n) is 3.68. The average Bonchev–Trinajstić information content (AvgIpc) is 3.04. The molecule has 28 heavy (non-hydrogen) atoms. The number of halogens is 2. The largest absolute Gasteiger partial charge is 0.455 e. The molecule has 7 nitrogen and oxygen atoms in total. The number of sulfonamides is 1. The van der Waals surface area contributed by atoms with Crippen molar-refractivity contribution in [2.75, 3.05) is 27.2 Å². The van der Waals surface area contributed by atoms with Crippen molar-refractivity contribution < 1.29 is 27.1 Å². The van der Waals surface area contributed by atoms with E-state index in [-0.39, 0.29) is 4.90 Å². The van der Waals surface area contributed by atoms with E-state index in [2.05, 4.69) is 0 Å². The standard InChI is InChI=1S/C17H18ClFN2O5S2/c1-20(9-13-5-8-15(18)27-13)16(22)11-26-17(23)10-21(2)28(24,25)14-6-3-12(19)4-7-14/h3-8H,9-11H2,1-2H3. The Hall–Kier alpha value is -2.01. The normalized spacial score (nSPS) is 11.5. The summed E-state index contributed by atoms with van der Waals surface area (Å²) in [4.78, 5) is 26.0. The van der Waals surface area contributed by atoms with Gasteiger partial charge in [0.05, 0.1) is 15.8 Å². The molecule has 0 atom stereocenters. The Morgan fingerprint density at radius 2 is 1.79 bits per heavy atom. The minimum Gasteiger partial charge on any atom is -0.455 e. The summed E-state index contributed by atoms with van der Waals surface area (Å²) in [6.45, 7) is -0.789. The Balaban J connectivity index is 1.85. The highest BCUT2D eigenvalue weighted by atomic mass is 35.5. The fourth-order valence-corrected chi connectivity index (χ4v) is 4.37. The molecule has 152 valence electrons. The van der Waals surface area contributed by atoms with Crippen LogP contribution in [-0.2, 0) is 30.9 Å². The average molecular weight is 449 g/mol. The van der Waals surface area contributed by atoms with Crippen LogP contribution in [0.4, 0.5) is 4.39 Å². The number of esters is 1. The molecular formula is C17H18ClFN2O5S2. The van der Waals surface area contributed by atoms with Crippen LogP contribution in [0.5, 0.6) is 0 Å². The molecule has 2 rings (SSSR count). The van der Waals surface area contributed by atoms with E-state index < -0.39 is 40.9 Å². The van der Waals surface area contributed by atoms with E-state index in [1.807, 2.05) is 0 Å². The molecule has 0 spiro atoms. The summed E-state index contributed by atoms with van der Waals surface area (Å²) < 4.78 is 43.9. The summed E-state index contributed by atoms with van der Waals surface area (Å²) in [7, 11) is -1.25. The minimum absolute atomic E-state index is 0.158. The number of carbonyl (C=O) groups is 2. The number of amides is 1. The lowest BCUT2D eigenvalue weighted by Gasteiger charge is -2.18.